The molecule has 0 amide bonds. The zero-order valence-electron chi connectivity index (χ0n) is 12.0. The number of aromatic nitrogens is 1. The number of benzene rings is 1. The fraction of sp³-hybridized carbons (Fsp3) is 0.250. The lowest BCUT2D eigenvalue weighted by atomic mass is 10.2. The van der Waals surface area contributed by atoms with Gasteiger partial charge >= 0.3 is 5.97 Å². The van der Waals surface area contributed by atoms with Crippen LogP contribution in [0, 0.1) is 0 Å². The molecule has 0 bridgehead atoms. The normalized spacial score (nSPS) is 10.2. The quantitative estimate of drug-likeness (QED) is 0.880. The maximum absolute atomic E-state index is 11.1. The average Bonchev–Trinajstić information content (AvgIpc) is 2.49. The lowest BCUT2D eigenvalue weighted by Gasteiger charge is -2.11. The van der Waals surface area contributed by atoms with Crippen molar-refractivity contribution in [1.29, 1.82) is 0 Å². The van der Waals surface area contributed by atoms with Crippen LogP contribution in [-0.2, 0) is 6.42 Å². The first-order valence-corrected chi connectivity index (χ1v) is 6.78. The molecular formula is C16H17NO4. The van der Waals surface area contributed by atoms with E-state index in [-0.39, 0.29) is 11.4 Å². The summed E-state index contributed by atoms with van der Waals surface area (Å²) >= 11 is 0. The molecule has 0 spiro atoms. The van der Waals surface area contributed by atoms with Crippen molar-refractivity contribution in [2.45, 2.75) is 20.3 Å². The van der Waals surface area contributed by atoms with Gasteiger partial charge in [-0.25, -0.2) is 9.78 Å². The van der Waals surface area contributed by atoms with E-state index in [0.717, 1.165) is 0 Å². The molecule has 110 valence electrons. The molecule has 21 heavy (non-hydrogen) atoms. The van der Waals surface area contributed by atoms with Crippen molar-refractivity contribution in [2.75, 3.05) is 6.61 Å². The molecule has 0 saturated carbocycles. The van der Waals surface area contributed by atoms with Crippen LogP contribution in [0.4, 0.5) is 0 Å². The Kier molecular flexibility index (Phi) is 4.77. The summed E-state index contributed by atoms with van der Waals surface area (Å²) in [5.74, 6) is 0.353. The molecule has 2 rings (SSSR count). The molecule has 0 unspecified atom stereocenters. The number of pyridine rings is 1. The van der Waals surface area contributed by atoms with E-state index in [1.807, 2.05) is 26.0 Å². The van der Waals surface area contributed by atoms with Crippen LogP contribution in [-0.4, -0.2) is 22.7 Å². The van der Waals surface area contributed by atoms with Gasteiger partial charge in [0.05, 0.1) is 12.2 Å². The van der Waals surface area contributed by atoms with E-state index in [4.69, 9.17) is 14.6 Å². The minimum absolute atomic E-state index is 0.158. The van der Waals surface area contributed by atoms with Crippen LogP contribution in [0.5, 0.6) is 17.4 Å². The molecule has 0 fully saturated rings. The molecule has 1 aromatic carbocycles. The summed E-state index contributed by atoms with van der Waals surface area (Å²) in [5.41, 5.74) is 0.824. The number of hydrogen-bond acceptors (Lipinski definition) is 4. The maximum atomic E-state index is 11.1. The van der Waals surface area contributed by atoms with Crippen LogP contribution in [0.25, 0.3) is 0 Å². The Bertz CT molecular complexity index is 640. The third-order valence-corrected chi connectivity index (χ3v) is 2.83. The van der Waals surface area contributed by atoms with Gasteiger partial charge in [0.1, 0.15) is 0 Å². The summed E-state index contributed by atoms with van der Waals surface area (Å²) < 4.78 is 11.2. The minimum atomic E-state index is -1.00. The Balaban J connectivity index is 2.35. The summed E-state index contributed by atoms with van der Waals surface area (Å²) in [6, 6.07) is 10.2. The highest BCUT2D eigenvalue weighted by molar-refractivity contribution is 5.88. The fourth-order valence-electron chi connectivity index (χ4n) is 1.84. The largest absolute Gasteiger partial charge is 0.490 e. The monoisotopic (exact) mass is 287 g/mol. The first kappa shape index (κ1) is 14.8. The highest BCUT2D eigenvalue weighted by Crippen LogP contribution is 2.31. The van der Waals surface area contributed by atoms with Crippen LogP contribution in [0.15, 0.2) is 36.4 Å². The van der Waals surface area contributed by atoms with Crippen molar-refractivity contribution < 1.29 is 19.4 Å². The van der Waals surface area contributed by atoms with Crippen molar-refractivity contribution in [2.24, 2.45) is 0 Å². The molecule has 1 N–H and O–H groups in total. The SMILES string of the molecule is CCOc1ccccc1Oc1cc(C(=O)O)cc(CC)n1. The smallest absolute Gasteiger partial charge is 0.335 e. The zero-order chi connectivity index (χ0) is 15.2. The first-order chi connectivity index (χ1) is 10.1. The molecule has 5 nitrogen and oxygen atoms in total. The van der Waals surface area contributed by atoms with Gasteiger partial charge < -0.3 is 14.6 Å². The summed E-state index contributed by atoms with van der Waals surface area (Å²) in [6.45, 7) is 4.31. The van der Waals surface area contributed by atoms with E-state index < -0.39 is 5.97 Å². The zero-order valence-corrected chi connectivity index (χ0v) is 12.0. The number of carbonyl (C=O) groups is 1. The summed E-state index contributed by atoms with van der Waals surface area (Å²) in [7, 11) is 0. The van der Waals surface area contributed by atoms with E-state index in [0.29, 0.717) is 30.2 Å². The molecular weight excluding hydrogens is 270 g/mol. The van der Waals surface area contributed by atoms with Gasteiger partial charge in [-0.3, -0.25) is 0 Å². The Morgan fingerprint density at radius 1 is 1.19 bits per heavy atom. The molecule has 0 aliphatic heterocycles. The number of para-hydroxylation sites is 2. The molecule has 2 aromatic rings. The summed E-state index contributed by atoms with van der Waals surface area (Å²) in [5, 5.41) is 9.13. The molecule has 1 heterocycles. The summed E-state index contributed by atoms with van der Waals surface area (Å²) in [6.07, 6.45) is 0.630. The Hall–Kier alpha value is -2.56. The van der Waals surface area contributed by atoms with E-state index in [2.05, 4.69) is 4.98 Å². The number of aryl methyl sites for hydroxylation is 1. The van der Waals surface area contributed by atoms with Crippen LogP contribution >= 0.6 is 0 Å². The minimum Gasteiger partial charge on any atom is -0.490 e. The van der Waals surface area contributed by atoms with Gasteiger partial charge in [0, 0.05) is 11.8 Å². The van der Waals surface area contributed by atoms with Crippen LogP contribution < -0.4 is 9.47 Å². The number of ether oxygens (including phenoxy) is 2. The Morgan fingerprint density at radius 3 is 2.52 bits per heavy atom. The fourth-order valence-corrected chi connectivity index (χ4v) is 1.84. The average molecular weight is 287 g/mol. The van der Waals surface area contributed by atoms with Gasteiger partial charge in [0.15, 0.2) is 11.5 Å². The first-order valence-electron chi connectivity index (χ1n) is 6.78. The molecule has 0 aliphatic rings. The van der Waals surface area contributed by atoms with E-state index >= 15 is 0 Å². The lowest BCUT2D eigenvalue weighted by Crippen LogP contribution is -2.02. The van der Waals surface area contributed by atoms with Crippen LogP contribution in [0.2, 0.25) is 0 Å². The molecule has 0 aliphatic carbocycles. The highest BCUT2D eigenvalue weighted by atomic mass is 16.5. The second kappa shape index (κ2) is 6.74. The molecule has 0 atom stereocenters. The number of aromatic carboxylic acids is 1. The third-order valence-electron chi connectivity index (χ3n) is 2.83. The second-order valence-corrected chi connectivity index (χ2v) is 4.33. The van der Waals surface area contributed by atoms with Gasteiger partial charge in [0.2, 0.25) is 5.88 Å². The topological polar surface area (TPSA) is 68.7 Å². The standard InChI is InChI=1S/C16H17NO4/c1-3-12-9-11(16(18)19)10-15(17-12)21-14-8-6-5-7-13(14)20-4-2/h5-10H,3-4H2,1-2H3,(H,18,19). The molecule has 1 aromatic heterocycles. The highest BCUT2D eigenvalue weighted by Gasteiger charge is 2.11. The molecule has 5 heteroatoms. The summed E-state index contributed by atoms with van der Waals surface area (Å²) in [4.78, 5) is 15.4. The third kappa shape index (κ3) is 3.72. The van der Waals surface area contributed by atoms with Gasteiger partial charge in [-0.15, -0.1) is 0 Å². The van der Waals surface area contributed by atoms with Crippen molar-refractivity contribution >= 4 is 5.97 Å². The van der Waals surface area contributed by atoms with Crippen molar-refractivity contribution in [1.82, 2.24) is 4.98 Å². The Labute approximate surface area is 123 Å². The number of rotatable bonds is 6. The number of carboxylic acid groups (broad SMARTS) is 1. The van der Waals surface area contributed by atoms with Crippen molar-refractivity contribution in [3.05, 3.63) is 47.7 Å². The van der Waals surface area contributed by atoms with Crippen LogP contribution in [0.1, 0.15) is 29.9 Å². The molecule has 0 radical (unpaired) electrons. The van der Waals surface area contributed by atoms with Crippen LogP contribution in [0.3, 0.4) is 0 Å². The predicted octanol–water partition coefficient (Wildman–Crippen LogP) is 3.53. The van der Waals surface area contributed by atoms with Gasteiger partial charge in [0.25, 0.3) is 0 Å². The van der Waals surface area contributed by atoms with Gasteiger partial charge in [-0.1, -0.05) is 19.1 Å². The van der Waals surface area contributed by atoms with Crippen molar-refractivity contribution in [3.63, 3.8) is 0 Å². The lowest BCUT2D eigenvalue weighted by molar-refractivity contribution is 0.0696. The van der Waals surface area contributed by atoms with E-state index in [1.165, 1.54) is 6.07 Å². The number of nitrogens with zero attached hydrogens (tertiary/aromatic N) is 1. The maximum Gasteiger partial charge on any atom is 0.335 e. The second-order valence-electron chi connectivity index (χ2n) is 4.33. The van der Waals surface area contributed by atoms with E-state index in [1.54, 1.807) is 18.2 Å². The Morgan fingerprint density at radius 2 is 1.90 bits per heavy atom. The molecule has 0 saturated heterocycles. The van der Waals surface area contributed by atoms with E-state index in [9.17, 15) is 4.79 Å². The predicted molar refractivity (Wildman–Crippen MR) is 78.3 cm³/mol. The van der Waals surface area contributed by atoms with Gasteiger partial charge in [-0.2, -0.15) is 0 Å². The number of hydrogen-bond donors (Lipinski definition) is 1. The van der Waals surface area contributed by atoms with Crippen molar-refractivity contribution in [3.8, 4) is 17.4 Å². The number of carboxylic acids is 1. The van der Waals surface area contributed by atoms with Gasteiger partial charge in [-0.05, 0) is 31.5 Å².